The molecule has 0 amide bonds. The van der Waals surface area contributed by atoms with Crippen LogP contribution in [0.25, 0.3) is 0 Å². The lowest BCUT2D eigenvalue weighted by Gasteiger charge is -2.32. The molecule has 0 aliphatic heterocycles. The van der Waals surface area contributed by atoms with E-state index < -0.39 is 0 Å². The number of nitrogens with two attached hydrogens (primary N) is 1. The fourth-order valence-corrected chi connectivity index (χ4v) is 4.91. The van der Waals surface area contributed by atoms with Crippen LogP contribution >= 0.6 is 11.8 Å². The van der Waals surface area contributed by atoms with Crippen LogP contribution in [-0.4, -0.2) is 11.3 Å². The Balaban J connectivity index is 2.10. The summed E-state index contributed by atoms with van der Waals surface area (Å²) in [4.78, 5) is 0. The van der Waals surface area contributed by atoms with Gasteiger partial charge in [0.05, 0.1) is 0 Å². The molecule has 0 bridgehead atoms. The first-order valence-corrected chi connectivity index (χ1v) is 8.48. The number of hydrogen-bond acceptors (Lipinski definition) is 2. The molecule has 4 atom stereocenters. The van der Waals surface area contributed by atoms with Crippen molar-refractivity contribution in [2.45, 2.75) is 63.0 Å². The SMILES string of the molecule is Cc1ccccc1C(SC1CCCC(C)C1)C(C)N. The standard InChI is InChI=1S/C17H27NS/c1-12-7-6-9-15(11-12)19-17(14(3)18)16-10-5-4-8-13(16)2/h4-5,8,10,12,14-15,17H,6-7,9,11,18H2,1-3H3. The minimum Gasteiger partial charge on any atom is -0.327 e. The second kappa shape index (κ2) is 6.81. The molecule has 1 aliphatic carbocycles. The van der Waals surface area contributed by atoms with Crippen molar-refractivity contribution < 1.29 is 0 Å². The average Bonchev–Trinajstić information content (AvgIpc) is 2.37. The quantitative estimate of drug-likeness (QED) is 0.863. The van der Waals surface area contributed by atoms with E-state index in [-0.39, 0.29) is 6.04 Å². The fourth-order valence-electron chi connectivity index (χ4n) is 3.10. The Hall–Kier alpha value is -0.470. The molecule has 0 radical (unpaired) electrons. The summed E-state index contributed by atoms with van der Waals surface area (Å²) >= 11 is 2.12. The summed E-state index contributed by atoms with van der Waals surface area (Å²) in [6.07, 6.45) is 5.52. The van der Waals surface area contributed by atoms with Crippen molar-refractivity contribution in [3.8, 4) is 0 Å². The van der Waals surface area contributed by atoms with Crippen molar-refractivity contribution in [2.75, 3.05) is 0 Å². The normalized spacial score (nSPS) is 26.9. The second-order valence-corrected chi connectivity index (χ2v) is 7.61. The molecule has 0 heterocycles. The van der Waals surface area contributed by atoms with Crippen molar-refractivity contribution in [1.82, 2.24) is 0 Å². The molecule has 2 N–H and O–H groups in total. The van der Waals surface area contributed by atoms with Crippen molar-refractivity contribution in [1.29, 1.82) is 0 Å². The van der Waals surface area contributed by atoms with Gasteiger partial charge >= 0.3 is 0 Å². The third kappa shape index (κ3) is 4.00. The average molecular weight is 277 g/mol. The predicted molar refractivity (Wildman–Crippen MR) is 86.6 cm³/mol. The van der Waals surface area contributed by atoms with E-state index in [0.717, 1.165) is 11.2 Å². The maximum Gasteiger partial charge on any atom is 0.0451 e. The second-order valence-electron chi connectivity index (χ2n) is 6.17. The highest BCUT2D eigenvalue weighted by Crippen LogP contribution is 2.42. The predicted octanol–water partition coefficient (Wildman–Crippen LogP) is 4.70. The maximum atomic E-state index is 6.27. The first-order chi connectivity index (χ1) is 9.08. The summed E-state index contributed by atoms with van der Waals surface area (Å²) in [7, 11) is 0. The zero-order valence-corrected chi connectivity index (χ0v) is 13.2. The largest absolute Gasteiger partial charge is 0.327 e. The van der Waals surface area contributed by atoms with E-state index in [4.69, 9.17) is 5.73 Å². The zero-order valence-electron chi connectivity index (χ0n) is 12.4. The van der Waals surface area contributed by atoms with Gasteiger partial charge in [-0.15, -0.1) is 11.8 Å². The van der Waals surface area contributed by atoms with Gasteiger partial charge in [-0.1, -0.05) is 44.0 Å². The minimum absolute atomic E-state index is 0.211. The van der Waals surface area contributed by atoms with E-state index in [2.05, 4.69) is 56.8 Å². The smallest absolute Gasteiger partial charge is 0.0451 e. The molecular formula is C17H27NS. The van der Waals surface area contributed by atoms with Crippen molar-refractivity contribution in [3.05, 3.63) is 35.4 Å². The lowest BCUT2D eigenvalue weighted by Crippen LogP contribution is -2.26. The van der Waals surface area contributed by atoms with Gasteiger partial charge in [0, 0.05) is 16.5 Å². The number of aryl methyl sites for hydroxylation is 1. The molecule has 1 nitrogen and oxygen atoms in total. The molecule has 0 spiro atoms. The van der Waals surface area contributed by atoms with Gasteiger partial charge in [-0.05, 0) is 43.7 Å². The van der Waals surface area contributed by atoms with Gasteiger partial charge < -0.3 is 5.73 Å². The summed E-state index contributed by atoms with van der Waals surface area (Å²) in [6.45, 7) is 6.74. The van der Waals surface area contributed by atoms with E-state index in [0.29, 0.717) is 5.25 Å². The summed E-state index contributed by atoms with van der Waals surface area (Å²) < 4.78 is 0. The van der Waals surface area contributed by atoms with E-state index in [1.165, 1.54) is 36.8 Å². The van der Waals surface area contributed by atoms with Crippen LogP contribution in [0.2, 0.25) is 0 Å². The molecule has 19 heavy (non-hydrogen) atoms. The van der Waals surface area contributed by atoms with Crippen LogP contribution in [-0.2, 0) is 0 Å². The number of benzene rings is 1. The first-order valence-electron chi connectivity index (χ1n) is 7.54. The van der Waals surface area contributed by atoms with Gasteiger partial charge in [-0.3, -0.25) is 0 Å². The van der Waals surface area contributed by atoms with Crippen LogP contribution in [0.5, 0.6) is 0 Å². The molecule has 2 heteroatoms. The highest BCUT2D eigenvalue weighted by Gasteiger charge is 2.26. The Morgan fingerprint density at radius 3 is 2.63 bits per heavy atom. The van der Waals surface area contributed by atoms with Gasteiger partial charge in [0.25, 0.3) is 0 Å². The van der Waals surface area contributed by atoms with Crippen molar-refractivity contribution >= 4 is 11.8 Å². The molecule has 2 rings (SSSR count). The van der Waals surface area contributed by atoms with Gasteiger partial charge in [-0.2, -0.15) is 0 Å². The molecule has 0 aromatic heterocycles. The molecule has 106 valence electrons. The highest BCUT2D eigenvalue weighted by atomic mass is 32.2. The first kappa shape index (κ1) is 14.9. The van der Waals surface area contributed by atoms with Crippen LogP contribution in [0.1, 0.15) is 55.9 Å². The zero-order chi connectivity index (χ0) is 13.8. The summed E-state index contributed by atoms with van der Waals surface area (Å²) in [5.74, 6) is 0.886. The third-order valence-corrected chi connectivity index (χ3v) is 5.99. The van der Waals surface area contributed by atoms with Gasteiger partial charge in [0.15, 0.2) is 0 Å². The summed E-state index contributed by atoms with van der Waals surface area (Å²) in [6, 6.07) is 8.92. The van der Waals surface area contributed by atoms with Crippen molar-refractivity contribution in [3.63, 3.8) is 0 Å². The fraction of sp³-hybridized carbons (Fsp3) is 0.647. The van der Waals surface area contributed by atoms with Crippen molar-refractivity contribution in [2.24, 2.45) is 11.7 Å². The molecule has 0 saturated heterocycles. The molecule has 1 aromatic rings. The Kier molecular flexibility index (Phi) is 5.35. The lowest BCUT2D eigenvalue weighted by molar-refractivity contribution is 0.393. The topological polar surface area (TPSA) is 26.0 Å². The molecule has 1 fully saturated rings. The molecule has 1 aliphatic rings. The van der Waals surface area contributed by atoms with Crippen LogP contribution in [0.4, 0.5) is 0 Å². The van der Waals surface area contributed by atoms with Crippen LogP contribution in [0.3, 0.4) is 0 Å². The lowest BCUT2D eigenvalue weighted by atomic mass is 9.90. The van der Waals surface area contributed by atoms with E-state index >= 15 is 0 Å². The molecule has 1 aromatic carbocycles. The Bertz CT molecular complexity index is 402. The van der Waals surface area contributed by atoms with Crippen LogP contribution < -0.4 is 5.73 Å². The van der Waals surface area contributed by atoms with Gasteiger partial charge in [0.1, 0.15) is 0 Å². The van der Waals surface area contributed by atoms with E-state index in [9.17, 15) is 0 Å². The minimum atomic E-state index is 0.211. The van der Waals surface area contributed by atoms with Gasteiger partial charge in [-0.25, -0.2) is 0 Å². The molecule has 4 unspecified atom stereocenters. The van der Waals surface area contributed by atoms with E-state index in [1.807, 2.05) is 0 Å². The summed E-state index contributed by atoms with van der Waals surface area (Å²) in [5.41, 5.74) is 9.08. The van der Waals surface area contributed by atoms with Gasteiger partial charge in [0.2, 0.25) is 0 Å². The number of rotatable bonds is 4. The Morgan fingerprint density at radius 1 is 1.26 bits per heavy atom. The maximum absolute atomic E-state index is 6.27. The molecular weight excluding hydrogens is 250 g/mol. The Labute approximate surface area is 122 Å². The van der Waals surface area contributed by atoms with Crippen LogP contribution in [0.15, 0.2) is 24.3 Å². The number of hydrogen-bond donors (Lipinski definition) is 1. The summed E-state index contributed by atoms with van der Waals surface area (Å²) in [5, 5.41) is 1.23. The molecule has 1 saturated carbocycles. The number of thioether (sulfide) groups is 1. The highest BCUT2D eigenvalue weighted by molar-refractivity contribution is 8.00. The van der Waals surface area contributed by atoms with E-state index in [1.54, 1.807) is 0 Å². The Morgan fingerprint density at radius 2 is 2.00 bits per heavy atom. The third-order valence-electron chi connectivity index (χ3n) is 4.20. The van der Waals surface area contributed by atoms with Crippen LogP contribution in [0, 0.1) is 12.8 Å². The monoisotopic (exact) mass is 277 g/mol.